The van der Waals surface area contributed by atoms with Gasteiger partial charge in [0, 0.05) is 10.0 Å². The molecule has 0 radical (unpaired) electrons. The third-order valence-corrected chi connectivity index (χ3v) is 3.71. The molecule has 0 saturated carbocycles. The molecule has 0 atom stereocenters. The van der Waals surface area contributed by atoms with Gasteiger partial charge >= 0.3 is 0 Å². The average Bonchev–Trinajstić information content (AvgIpc) is 2.63. The van der Waals surface area contributed by atoms with Crippen molar-refractivity contribution in [1.29, 1.82) is 5.26 Å². The average molecular weight is 399 g/mol. The zero-order valence-corrected chi connectivity index (χ0v) is 14.8. The third kappa shape index (κ3) is 5.86. The molecule has 0 aliphatic rings. The minimum Gasteiger partial charge on any atom is -0.346 e. The molecule has 2 aromatic carbocycles. The monoisotopic (exact) mass is 398 g/mol. The Balaban J connectivity index is 2.09. The van der Waals surface area contributed by atoms with E-state index in [4.69, 9.17) is 5.26 Å². The maximum absolute atomic E-state index is 12.2. The summed E-state index contributed by atoms with van der Waals surface area (Å²) in [6.07, 6.45) is -0.281. The van der Waals surface area contributed by atoms with Crippen LogP contribution in [0, 0.1) is 11.3 Å². The molecule has 2 amide bonds. The molecule has 6 nitrogen and oxygen atoms in total. The highest BCUT2D eigenvalue weighted by atomic mass is 79.9. The number of nitriles is 1. The number of nitrogens with one attached hydrogen (secondary N) is 2. The molecule has 126 valence electrons. The quantitative estimate of drug-likeness (QED) is 0.578. The summed E-state index contributed by atoms with van der Waals surface area (Å²) in [6.45, 7) is 0.131. The SMILES string of the molecule is N#CCC(=O)N/N=C(/CNC(=O)c1ccc(Br)cc1)c1ccccc1. The molecule has 2 aromatic rings. The molecule has 2 rings (SSSR count). The molecule has 0 fully saturated rings. The molecule has 2 N–H and O–H groups in total. The summed E-state index contributed by atoms with van der Waals surface area (Å²) in [7, 11) is 0. The molecule has 0 heterocycles. The molecule has 7 heteroatoms. The number of halogens is 1. The third-order valence-electron chi connectivity index (χ3n) is 3.18. The van der Waals surface area contributed by atoms with E-state index in [1.807, 2.05) is 30.3 Å². The van der Waals surface area contributed by atoms with Crippen molar-refractivity contribution >= 4 is 33.5 Å². The lowest BCUT2D eigenvalue weighted by atomic mass is 10.1. The van der Waals surface area contributed by atoms with Crippen LogP contribution in [0.15, 0.2) is 64.2 Å². The summed E-state index contributed by atoms with van der Waals surface area (Å²) in [5.74, 6) is -0.755. The van der Waals surface area contributed by atoms with E-state index in [1.54, 1.807) is 30.3 Å². The standard InChI is InChI=1S/C18H15BrN4O2/c19-15-8-6-14(7-9-15)18(25)21-12-16(13-4-2-1-3-5-13)22-23-17(24)10-11-20/h1-9H,10,12H2,(H,21,25)(H,23,24)/b22-16-. The second-order valence-corrected chi connectivity index (χ2v) is 5.90. The van der Waals surface area contributed by atoms with E-state index < -0.39 is 5.91 Å². The summed E-state index contributed by atoms with van der Waals surface area (Å²) < 4.78 is 0.885. The van der Waals surface area contributed by atoms with Gasteiger partial charge in [-0.3, -0.25) is 9.59 Å². The van der Waals surface area contributed by atoms with E-state index in [0.717, 1.165) is 10.0 Å². The van der Waals surface area contributed by atoms with Crippen LogP contribution in [-0.2, 0) is 4.79 Å². The minimum atomic E-state index is -0.504. The maximum atomic E-state index is 12.2. The Hall–Kier alpha value is -2.98. The normalized spacial score (nSPS) is 10.6. The number of hydrazone groups is 1. The van der Waals surface area contributed by atoms with E-state index in [9.17, 15) is 9.59 Å². The fourth-order valence-corrected chi connectivity index (χ4v) is 2.21. The van der Waals surface area contributed by atoms with Crippen molar-refractivity contribution < 1.29 is 9.59 Å². The molecule has 0 bridgehead atoms. The Morgan fingerprint density at radius 2 is 1.72 bits per heavy atom. The predicted molar refractivity (Wildman–Crippen MR) is 97.8 cm³/mol. The molecule has 25 heavy (non-hydrogen) atoms. The molecule has 0 aliphatic heterocycles. The van der Waals surface area contributed by atoms with E-state index in [0.29, 0.717) is 11.3 Å². The lowest BCUT2D eigenvalue weighted by Crippen LogP contribution is -2.31. The van der Waals surface area contributed by atoms with E-state index in [2.05, 4.69) is 31.8 Å². The lowest BCUT2D eigenvalue weighted by Gasteiger charge is -2.09. The van der Waals surface area contributed by atoms with Gasteiger partial charge in [-0.2, -0.15) is 10.4 Å². The molecule has 0 unspecified atom stereocenters. The van der Waals surface area contributed by atoms with Gasteiger partial charge in [-0.1, -0.05) is 46.3 Å². The van der Waals surface area contributed by atoms with Crippen molar-refractivity contribution in [3.63, 3.8) is 0 Å². The zero-order valence-electron chi connectivity index (χ0n) is 13.2. The number of rotatable bonds is 6. The van der Waals surface area contributed by atoms with Crippen LogP contribution in [0.2, 0.25) is 0 Å². The Bertz CT molecular complexity index is 811. The molecule has 0 saturated heterocycles. The van der Waals surface area contributed by atoms with Crippen LogP contribution in [-0.4, -0.2) is 24.1 Å². The second kappa shape index (κ2) is 9.35. The lowest BCUT2D eigenvalue weighted by molar-refractivity contribution is -0.120. The van der Waals surface area contributed by atoms with Crippen LogP contribution in [0.3, 0.4) is 0 Å². The first-order valence-corrected chi connectivity index (χ1v) is 8.21. The molecule has 0 spiro atoms. The first kappa shape index (κ1) is 18.4. The number of hydrogen-bond donors (Lipinski definition) is 2. The van der Waals surface area contributed by atoms with Crippen LogP contribution in [0.4, 0.5) is 0 Å². The van der Waals surface area contributed by atoms with E-state index in [-0.39, 0.29) is 18.9 Å². The van der Waals surface area contributed by atoms with E-state index >= 15 is 0 Å². The minimum absolute atomic E-state index is 0.131. The van der Waals surface area contributed by atoms with Crippen LogP contribution in [0.25, 0.3) is 0 Å². The first-order chi connectivity index (χ1) is 12.1. The highest BCUT2D eigenvalue weighted by Gasteiger charge is 2.09. The number of nitrogens with zero attached hydrogens (tertiary/aromatic N) is 2. The highest BCUT2D eigenvalue weighted by molar-refractivity contribution is 9.10. The van der Waals surface area contributed by atoms with Crippen molar-refractivity contribution in [2.75, 3.05) is 6.54 Å². The van der Waals surface area contributed by atoms with Gasteiger partial charge in [0.05, 0.1) is 18.3 Å². The Morgan fingerprint density at radius 3 is 2.36 bits per heavy atom. The fourth-order valence-electron chi connectivity index (χ4n) is 1.95. The molecular formula is C18H15BrN4O2. The van der Waals surface area contributed by atoms with E-state index in [1.165, 1.54) is 0 Å². The molecule has 0 aliphatic carbocycles. The topological polar surface area (TPSA) is 94.3 Å². The maximum Gasteiger partial charge on any atom is 0.254 e. The van der Waals surface area contributed by atoms with Crippen molar-refractivity contribution in [3.8, 4) is 6.07 Å². The van der Waals surface area contributed by atoms with Crippen molar-refractivity contribution in [2.45, 2.75) is 6.42 Å². The predicted octanol–water partition coefficient (Wildman–Crippen LogP) is 2.61. The number of amides is 2. The summed E-state index contributed by atoms with van der Waals surface area (Å²) in [4.78, 5) is 23.7. The fraction of sp³-hybridized carbons (Fsp3) is 0.111. The summed E-state index contributed by atoms with van der Waals surface area (Å²) >= 11 is 3.32. The zero-order chi connectivity index (χ0) is 18.1. The summed E-state index contributed by atoms with van der Waals surface area (Å²) in [5, 5.41) is 15.3. The Morgan fingerprint density at radius 1 is 1.04 bits per heavy atom. The van der Waals surface area contributed by atoms with Crippen molar-refractivity contribution in [3.05, 3.63) is 70.2 Å². The van der Waals surface area contributed by atoms with Gasteiger partial charge < -0.3 is 5.32 Å². The molecule has 0 aromatic heterocycles. The van der Waals surface area contributed by atoms with Crippen molar-refractivity contribution in [2.24, 2.45) is 5.10 Å². The largest absolute Gasteiger partial charge is 0.346 e. The van der Waals surface area contributed by atoms with Crippen LogP contribution < -0.4 is 10.7 Å². The smallest absolute Gasteiger partial charge is 0.254 e. The second-order valence-electron chi connectivity index (χ2n) is 4.98. The number of carbonyl (C=O) groups excluding carboxylic acids is 2. The molecular weight excluding hydrogens is 384 g/mol. The van der Waals surface area contributed by atoms with Gasteiger partial charge in [-0.25, -0.2) is 5.43 Å². The number of hydrogen-bond acceptors (Lipinski definition) is 4. The van der Waals surface area contributed by atoms with Crippen molar-refractivity contribution in [1.82, 2.24) is 10.7 Å². The van der Waals surface area contributed by atoms with Gasteiger partial charge in [0.2, 0.25) is 0 Å². The van der Waals surface area contributed by atoms with Crippen LogP contribution in [0.5, 0.6) is 0 Å². The summed E-state index contributed by atoms with van der Waals surface area (Å²) in [6, 6.07) is 17.9. The van der Waals surface area contributed by atoms with Crippen LogP contribution >= 0.6 is 15.9 Å². The van der Waals surface area contributed by atoms with Gasteiger partial charge in [0.25, 0.3) is 11.8 Å². The van der Waals surface area contributed by atoms with Gasteiger partial charge in [0.15, 0.2) is 0 Å². The Labute approximate surface area is 153 Å². The van der Waals surface area contributed by atoms with Gasteiger partial charge in [-0.15, -0.1) is 0 Å². The van der Waals surface area contributed by atoms with Crippen LogP contribution in [0.1, 0.15) is 22.3 Å². The van der Waals surface area contributed by atoms with Gasteiger partial charge in [0.1, 0.15) is 6.42 Å². The summed E-state index contributed by atoms with van der Waals surface area (Å²) in [5.41, 5.74) is 4.08. The number of benzene rings is 2. The highest BCUT2D eigenvalue weighted by Crippen LogP contribution is 2.10. The number of carbonyl (C=O) groups is 2. The van der Waals surface area contributed by atoms with Gasteiger partial charge in [-0.05, 0) is 29.8 Å². The first-order valence-electron chi connectivity index (χ1n) is 7.41. The Kier molecular flexibility index (Phi) is 6.87.